The maximum atomic E-state index is 12.4. The second-order valence-corrected chi connectivity index (χ2v) is 7.14. The second-order valence-electron chi connectivity index (χ2n) is 5.74. The Kier molecular flexibility index (Phi) is 4.29. The number of anilines is 1. The number of amides is 3. The van der Waals surface area contributed by atoms with Crippen LogP contribution in [-0.2, 0) is 4.79 Å². The van der Waals surface area contributed by atoms with Gasteiger partial charge in [0.2, 0.25) is 5.91 Å². The minimum absolute atomic E-state index is 0.298. The average Bonchev–Trinajstić information content (AvgIpc) is 3.18. The molecule has 0 bridgehead atoms. The first-order valence-electron chi connectivity index (χ1n) is 7.87. The van der Waals surface area contributed by atoms with E-state index >= 15 is 0 Å². The molecule has 1 aromatic heterocycles. The topological polar surface area (TPSA) is 88.6 Å². The Morgan fingerprint density at radius 1 is 1.19 bits per heavy atom. The lowest BCUT2D eigenvalue weighted by molar-refractivity contribution is -0.116. The number of carbonyl (C=O) groups excluding carboxylic acids is 3. The van der Waals surface area contributed by atoms with Gasteiger partial charge in [-0.1, -0.05) is 35.1 Å². The van der Waals surface area contributed by atoms with E-state index in [1.165, 1.54) is 18.4 Å². The summed E-state index contributed by atoms with van der Waals surface area (Å²) in [6.45, 7) is -0.396. The molecule has 1 aliphatic heterocycles. The van der Waals surface area contributed by atoms with Crippen molar-refractivity contribution in [1.29, 1.82) is 0 Å². The molecule has 0 unspecified atom stereocenters. The summed E-state index contributed by atoms with van der Waals surface area (Å²) >= 11 is 7.35. The molecule has 4 rings (SSSR count). The first-order chi connectivity index (χ1) is 13.0. The second kappa shape index (κ2) is 6.64. The Bertz CT molecular complexity index is 1080. The SMILES string of the molecule is COc1ccc(Cl)c2sc(NC(=O)CN3C(=O)c4ccccc4C3=O)nc12. The van der Waals surface area contributed by atoms with Gasteiger partial charge in [-0.2, -0.15) is 0 Å². The van der Waals surface area contributed by atoms with E-state index in [4.69, 9.17) is 16.3 Å². The van der Waals surface area contributed by atoms with E-state index in [9.17, 15) is 14.4 Å². The number of fused-ring (bicyclic) bond motifs is 2. The first-order valence-corrected chi connectivity index (χ1v) is 9.07. The van der Waals surface area contributed by atoms with Crippen LogP contribution in [0.2, 0.25) is 5.02 Å². The summed E-state index contributed by atoms with van der Waals surface area (Å²) in [5.74, 6) is -0.968. The van der Waals surface area contributed by atoms with Crippen LogP contribution < -0.4 is 10.1 Å². The van der Waals surface area contributed by atoms with E-state index in [1.54, 1.807) is 36.4 Å². The number of halogens is 1. The number of imide groups is 1. The van der Waals surface area contributed by atoms with Crippen LogP contribution >= 0.6 is 22.9 Å². The molecule has 1 aliphatic rings. The van der Waals surface area contributed by atoms with E-state index in [2.05, 4.69) is 10.3 Å². The number of benzene rings is 2. The molecule has 2 heterocycles. The zero-order valence-electron chi connectivity index (χ0n) is 14.0. The summed E-state index contributed by atoms with van der Waals surface area (Å²) in [6.07, 6.45) is 0. The van der Waals surface area contributed by atoms with Crippen molar-refractivity contribution in [3.8, 4) is 5.75 Å². The maximum Gasteiger partial charge on any atom is 0.262 e. The zero-order chi connectivity index (χ0) is 19.1. The van der Waals surface area contributed by atoms with Gasteiger partial charge >= 0.3 is 0 Å². The lowest BCUT2D eigenvalue weighted by atomic mass is 10.1. The molecule has 0 spiro atoms. The number of hydrogen-bond acceptors (Lipinski definition) is 6. The molecular weight excluding hydrogens is 390 g/mol. The van der Waals surface area contributed by atoms with Crippen LogP contribution in [-0.4, -0.2) is 41.3 Å². The van der Waals surface area contributed by atoms with Crippen LogP contribution in [0.3, 0.4) is 0 Å². The van der Waals surface area contributed by atoms with Crippen molar-refractivity contribution in [2.45, 2.75) is 0 Å². The Morgan fingerprint density at radius 2 is 1.85 bits per heavy atom. The van der Waals surface area contributed by atoms with Gasteiger partial charge in [0.25, 0.3) is 11.8 Å². The highest BCUT2D eigenvalue weighted by Crippen LogP contribution is 2.37. The third-order valence-electron chi connectivity index (χ3n) is 4.10. The van der Waals surface area contributed by atoms with Crippen molar-refractivity contribution in [2.75, 3.05) is 19.0 Å². The molecule has 3 amide bonds. The lowest BCUT2D eigenvalue weighted by Crippen LogP contribution is -2.37. The van der Waals surface area contributed by atoms with Crippen molar-refractivity contribution in [3.05, 3.63) is 52.5 Å². The molecule has 0 aliphatic carbocycles. The molecule has 136 valence electrons. The summed E-state index contributed by atoms with van der Waals surface area (Å²) < 4.78 is 5.92. The van der Waals surface area contributed by atoms with Gasteiger partial charge in [0.1, 0.15) is 17.8 Å². The third kappa shape index (κ3) is 2.92. The first kappa shape index (κ1) is 17.4. The highest BCUT2D eigenvalue weighted by atomic mass is 35.5. The average molecular weight is 402 g/mol. The number of rotatable bonds is 4. The van der Waals surface area contributed by atoms with Crippen molar-refractivity contribution in [1.82, 2.24) is 9.88 Å². The fourth-order valence-corrected chi connectivity index (χ4v) is 4.03. The molecular formula is C18H12ClN3O4S. The van der Waals surface area contributed by atoms with Gasteiger partial charge in [0, 0.05) is 0 Å². The molecule has 9 heteroatoms. The van der Waals surface area contributed by atoms with Gasteiger partial charge in [-0.05, 0) is 24.3 Å². The lowest BCUT2D eigenvalue weighted by Gasteiger charge is -2.12. The Morgan fingerprint density at radius 3 is 2.48 bits per heavy atom. The Balaban J connectivity index is 1.54. The Labute approximate surface area is 162 Å². The van der Waals surface area contributed by atoms with Gasteiger partial charge < -0.3 is 10.1 Å². The van der Waals surface area contributed by atoms with E-state index in [0.29, 0.717) is 37.2 Å². The minimum atomic E-state index is -0.529. The standard InChI is InChI=1S/C18H12ClN3O4S/c1-26-12-7-6-11(19)15-14(12)21-18(27-15)20-13(23)8-22-16(24)9-4-2-3-5-10(9)17(22)25/h2-7H,8H2,1H3,(H,20,21,23). The van der Waals surface area contributed by atoms with Crippen molar-refractivity contribution in [2.24, 2.45) is 0 Å². The number of ether oxygens (including phenoxy) is 1. The molecule has 0 radical (unpaired) electrons. The fourth-order valence-electron chi connectivity index (χ4n) is 2.86. The number of nitrogens with one attached hydrogen (secondary N) is 1. The smallest absolute Gasteiger partial charge is 0.262 e. The molecule has 0 atom stereocenters. The van der Waals surface area contributed by atoms with Crippen LogP contribution in [0.1, 0.15) is 20.7 Å². The maximum absolute atomic E-state index is 12.4. The van der Waals surface area contributed by atoms with Gasteiger partial charge in [-0.15, -0.1) is 0 Å². The molecule has 7 nitrogen and oxygen atoms in total. The number of carbonyl (C=O) groups is 3. The van der Waals surface area contributed by atoms with Gasteiger partial charge in [0.05, 0.1) is 28.0 Å². The van der Waals surface area contributed by atoms with Crippen LogP contribution in [0, 0.1) is 0 Å². The number of hydrogen-bond donors (Lipinski definition) is 1. The van der Waals surface area contributed by atoms with E-state index in [0.717, 1.165) is 4.90 Å². The molecule has 1 N–H and O–H groups in total. The molecule has 0 saturated carbocycles. The number of thiazole rings is 1. The van der Waals surface area contributed by atoms with Crippen LogP contribution in [0.25, 0.3) is 10.2 Å². The fraction of sp³-hybridized carbons (Fsp3) is 0.111. The summed E-state index contributed by atoms with van der Waals surface area (Å²) in [5.41, 5.74) is 1.13. The minimum Gasteiger partial charge on any atom is -0.494 e. The molecule has 3 aromatic rings. The predicted octanol–water partition coefficient (Wildman–Crippen LogP) is 3.19. The normalized spacial score (nSPS) is 13.2. The summed E-state index contributed by atoms with van der Waals surface area (Å²) in [5, 5.41) is 3.41. The van der Waals surface area contributed by atoms with E-state index in [1.807, 2.05) is 0 Å². The molecule has 2 aromatic carbocycles. The number of nitrogens with zero attached hydrogens (tertiary/aromatic N) is 2. The molecule has 27 heavy (non-hydrogen) atoms. The quantitative estimate of drug-likeness (QED) is 0.678. The number of aromatic nitrogens is 1. The molecule has 0 saturated heterocycles. The summed E-state index contributed by atoms with van der Waals surface area (Å²) in [7, 11) is 1.52. The summed E-state index contributed by atoms with van der Waals surface area (Å²) in [6, 6.07) is 9.85. The van der Waals surface area contributed by atoms with Gasteiger partial charge in [-0.3, -0.25) is 19.3 Å². The van der Waals surface area contributed by atoms with E-state index in [-0.39, 0.29) is 0 Å². The monoisotopic (exact) mass is 401 g/mol. The van der Waals surface area contributed by atoms with Gasteiger partial charge in [0.15, 0.2) is 5.13 Å². The van der Waals surface area contributed by atoms with Gasteiger partial charge in [-0.25, -0.2) is 4.98 Å². The third-order valence-corrected chi connectivity index (χ3v) is 5.54. The predicted molar refractivity (Wildman–Crippen MR) is 102 cm³/mol. The van der Waals surface area contributed by atoms with Crippen molar-refractivity contribution >= 4 is 56.0 Å². The highest BCUT2D eigenvalue weighted by Gasteiger charge is 2.36. The number of methoxy groups -OCH3 is 1. The molecule has 0 fully saturated rings. The van der Waals surface area contributed by atoms with Crippen LogP contribution in [0.15, 0.2) is 36.4 Å². The largest absolute Gasteiger partial charge is 0.494 e. The van der Waals surface area contributed by atoms with Crippen LogP contribution in [0.5, 0.6) is 5.75 Å². The van der Waals surface area contributed by atoms with Crippen LogP contribution in [0.4, 0.5) is 5.13 Å². The highest BCUT2D eigenvalue weighted by molar-refractivity contribution is 7.23. The van der Waals surface area contributed by atoms with Crippen molar-refractivity contribution in [3.63, 3.8) is 0 Å². The van der Waals surface area contributed by atoms with E-state index < -0.39 is 24.3 Å². The van der Waals surface area contributed by atoms with Crippen molar-refractivity contribution < 1.29 is 19.1 Å². The summed E-state index contributed by atoms with van der Waals surface area (Å²) in [4.78, 5) is 42.3. The Hall–Kier alpha value is -2.97. The zero-order valence-corrected chi connectivity index (χ0v) is 15.6.